The van der Waals surface area contributed by atoms with E-state index < -0.39 is 11.4 Å². The van der Waals surface area contributed by atoms with Crippen LogP contribution in [0.5, 0.6) is 5.75 Å². The van der Waals surface area contributed by atoms with Crippen LogP contribution in [-0.2, 0) is 16.0 Å². The van der Waals surface area contributed by atoms with Crippen molar-refractivity contribution in [3.05, 3.63) is 36.1 Å². The summed E-state index contributed by atoms with van der Waals surface area (Å²) in [7, 11) is 1.61. The van der Waals surface area contributed by atoms with Gasteiger partial charge in [-0.3, -0.25) is 9.59 Å². The molecule has 2 aromatic rings. The molecule has 1 saturated carbocycles. The first kappa shape index (κ1) is 18.5. The van der Waals surface area contributed by atoms with Crippen molar-refractivity contribution in [2.24, 2.45) is 11.3 Å². The summed E-state index contributed by atoms with van der Waals surface area (Å²) in [6.07, 6.45) is 3.06. The predicted molar refractivity (Wildman–Crippen MR) is 101 cm³/mol. The molecule has 0 spiro atoms. The maximum Gasteiger partial charge on any atom is 0.310 e. The number of aromatic nitrogens is 1. The second-order valence-corrected chi connectivity index (χ2v) is 7.77. The van der Waals surface area contributed by atoms with Crippen LogP contribution in [0, 0.1) is 11.3 Å². The van der Waals surface area contributed by atoms with Crippen molar-refractivity contribution < 1.29 is 24.0 Å². The minimum absolute atomic E-state index is 0.165. The van der Waals surface area contributed by atoms with E-state index in [1.807, 2.05) is 29.2 Å². The summed E-state index contributed by atoms with van der Waals surface area (Å²) in [6.45, 7) is 0.974. The van der Waals surface area contributed by atoms with Gasteiger partial charge in [-0.1, -0.05) is 5.16 Å². The molecule has 7 heteroatoms. The molecule has 0 radical (unpaired) electrons. The Morgan fingerprint density at radius 2 is 1.93 bits per heavy atom. The molecule has 1 amide bonds. The number of amides is 1. The molecule has 0 bridgehead atoms. The van der Waals surface area contributed by atoms with Gasteiger partial charge >= 0.3 is 5.97 Å². The average Bonchev–Trinajstić information content (AvgIpc) is 3.47. The lowest BCUT2D eigenvalue weighted by molar-refractivity contribution is -0.154. The molecule has 2 aliphatic rings. The monoisotopic (exact) mass is 384 g/mol. The van der Waals surface area contributed by atoms with Gasteiger partial charge in [-0.05, 0) is 49.9 Å². The number of ether oxygens (including phenoxy) is 1. The molecule has 28 heavy (non-hydrogen) atoms. The molecule has 7 nitrogen and oxygen atoms in total. The van der Waals surface area contributed by atoms with E-state index in [0.717, 1.165) is 24.2 Å². The highest BCUT2D eigenvalue weighted by atomic mass is 16.5. The highest BCUT2D eigenvalue weighted by Crippen LogP contribution is 2.39. The fourth-order valence-electron chi connectivity index (χ4n) is 3.84. The quantitative estimate of drug-likeness (QED) is 0.823. The summed E-state index contributed by atoms with van der Waals surface area (Å²) in [5.74, 6) is 0.813. The van der Waals surface area contributed by atoms with Crippen molar-refractivity contribution in [2.45, 2.75) is 32.1 Å². The van der Waals surface area contributed by atoms with Crippen molar-refractivity contribution >= 4 is 11.9 Å². The smallest absolute Gasteiger partial charge is 0.310 e. The molecule has 2 heterocycles. The SMILES string of the molecule is COc1ccc(-c2cc(CC3(C(=O)O)CCN(C(=O)C4CC4)CC3)on2)cc1. The van der Waals surface area contributed by atoms with Gasteiger partial charge in [0.05, 0.1) is 12.5 Å². The Bertz CT molecular complexity index is 861. The standard InChI is InChI=1S/C21H24N2O5/c1-27-16-6-4-14(5-7-16)18-12-17(28-22-18)13-21(20(25)26)8-10-23(11-9-21)19(24)15-2-3-15/h4-7,12,15H,2-3,8-11,13H2,1H3,(H,25,26). The Morgan fingerprint density at radius 3 is 2.50 bits per heavy atom. The molecule has 1 N–H and O–H groups in total. The van der Waals surface area contributed by atoms with Crippen molar-refractivity contribution in [3.8, 4) is 17.0 Å². The van der Waals surface area contributed by atoms with Crippen LogP contribution < -0.4 is 4.74 Å². The van der Waals surface area contributed by atoms with E-state index in [1.54, 1.807) is 13.2 Å². The number of rotatable bonds is 6. The summed E-state index contributed by atoms with van der Waals surface area (Å²) < 4.78 is 10.6. The maximum absolute atomic E-state index is 12.2. The lowest BCUT2D eigenvalue weighted by atomic mass is 9.75. The topological polar surface area (TPSA) is 92.9 Å². The minimum atomic E-state index is -0.920. The van der Waals surface area contributed by atoms with Gasteiger partial charge in [0.15, 0.2) is 0 Å². The van der Waals surface area contributed by atoms with E-state index in [9.17, 15) is 14.7 Å². The Hall–Kier alpha value is -2.83. The van der Waals surface area contributed by atoms with E-state index in [0.29, 0.717) is 37.4 Å². The highest BCUT2D eigenvalue weighted by Gasteiger charge is 2.45. The number of aliphatic carboxylic acids is 1. The molecule has 1 aromatic heterocycles. The number of nitrogens with zero attached hydrogens (tertiary/aromatic N) is 2. The summed E-state index contributed by atoms with van der Waals surface area (Å²) >= 11 is 0. The van der Waals surface area contributed by atoms with Gasteiger partial charge in [-0.2, -0.15) is 0 Å². The van der Waals surface area contributed by atoms with E-state index >= 15 is 0 Å². The van der Waals surface area contributed by atoms with E-state index in [2.05, 4.69) is 5.16 Å². The summed E-state index contributed by atoms with van der Waals surface area (Å²) in [4.78, 5) is 26.1. The number of hydrogen-bond donors (Lipinski definition) is 1. The van der Waals surface area contributed by atoms with Crippen molar-refractivity contribution in [1.82, 2.24) is 10.1 Å². The van der Waals surface area contributed by atoms with E-state index in [-0.39, 0.29) is 18.2 Å². The number of methoxy groups -OCH3 is 1. The van der Waals surface area contributed by atoms with E-state index in [1.165, 1.54) is 0 Å². The van der Waals surface area contributed by atoms with Crippen molar-refractivity contribution in [1.29, 1.82) is 0 Å². The van der Waals surface area contributed by atoms with Gasteiger partial charge in [0.2, 0.25) is 5.91 Å². The number of carboxylic acids is 1. The highest BCUT2D eigenvalue weighted by molar-refractivity contribution is 5.82. The van der Waals surface area contributed by atoms with Crippen LogP contribution in [0.25, 0.3) is 11.3 Å². The summed E-state index contributed by atoms with van der Waals surface area (Å²) in [5.41, 5.74) is 0.626. The zero-order valence-electron chi connectivity index (χ0n) is 15.9. The van der Waals surface area contributed by atoms with Crippen LogP contribution in [0.1, 0.15) is 31.4 Å². The minimum Gasteiger partial charge on any atom is -0.497 e. The molecule has 1 aliphatic heterocycles. The first-order valence-electron chi connectivity index (χ1n) is 9.63. The predicted octanol–water partition coefficient (Wildman–Crippen LogP) is 3.00. The molecule has 148 valence electrons. The second kappa shape index (κ2) is 7.30. The van der Waals surface area contributed by atoms with Crippen LogP contribution in [0.2, 0.25) is 0 Å². The fraction of sp³-hybridized carbons (Fsp3) is 0.476. The van der Waals surface area contributed by atoms with Crippen LogP contribution in [-0.4, -0.2) is 47.2 Å². The van der Waals surface area contributed by atoms with Crippen molar-refractivity contribution in [3.63, 3.8) is 0 Å². The molecule has 0 unspecified atom stereocenters. The normalized spacial score (nSPS) is 18.7. The third-order valence-electron chi connectivity index (χ3n) is 5.87. The van der Waals surface area contributed by atoms with E-state index in [4.69, 9.17) is 9.26 Å². The summed E-state index contributed by atoms with van der Waals surface area (Å²) in [6, 6.07) is 9.25. The van der Waals surface area contributed by atoms with Crippen LogP contribution in [0.4, 0.5) is 0 Å². The Labute approximate surface area is 163 Å². The molecular formula is C21H24N2O5. The maximum atomic E-state index is 12.2. The molecule has 2 fully saturated rings. The number of carbonyl (C=O) groups is 2. The lowest BCUT2D eigenvalue weighted by Gasteiger charge is -2.38. The van der Waals surface area contributed by atoms with Gasteiger partial charge in [0, 0.05) is 37.1 Å². The molecule has 0 atom stereocenters. The molecule has 1 aliphatic carbocycles. The Balaban J connectivity index is 1.46. The Morgan fingerprint density at radius 1 is 1.25 bits per heavy atom. The fourth-order valence-corrected chi connectivity index (χ4v) is 3.84. The largest absolute Gasteiger partial charge is 0.497 e. The number of likely N-dealkylation sites (tertiary alicyclic amines) is 1. The number of carboxylic acid groups (broad SMARTS) is 1. The van der Waals surface area contributed by atoms with Gasteiger partial charge in [0.1, 0.15) is 17.2 Å². The number of hydrogen-bond acceptors (Lipinski definition) is 5. The second-order valence-electron chi connectivity index (χ2n) is 7.77. The van der Waals surface area contributed by atoms with Crippen LogP contribution in [0.3, 0.4) is 0 Å². The number of carbonyl (C=O) groups excluding carboxylic acids is 1. The molecule has 4 rings (SSSR count). The van der Waals surface area contributed by atoms with Gasteiger partial charge < -0.3 is 19.3 Å². The molecule has 1 saturated heterocycles. The third kappa shape index (κ3) is 3.61. The average molecular weight is 384 g/mol. The van der Waals surface area contributed by atoms with Crippen molar-refractivity contribution in [2.75, 3.05) is 20.2 Å². The third-order valence-corrected chi connectivity index (χ3v) is 5.87. The summed E-state index contributed by atoms with van der Waals surface area (Å²) in [5, 5.41) is 14.0. The van der Waals surface area contributed by atoms with Gasteiger partial charge in [0.25, 0.3) is 0 Å². The lowest BCUT2D eigenvalue weighted by Crippen LogP contribution is -2.48. The number of piperidine rings is 1. The molecule has 1 aromatic carbocycles. The van der Waals surface area contributed by atoms with Gasteiger partial charge in [-0.15, -0.1) is 0 Å². The number of benzene rings is 1. The zero-order valence-corrected chi connectivity index (χ0v) is 15.9. The first-order valence-corrected chi connectivity index (χ1v) is 9.63. The van der Waals surface area contributed by atoms with Crippen LogP contribution >= 0.6 is 0 Å². The first-order chi connectivity index (χ1) is 13.5. The zero-order chi connectivity index (χ0) is 19.7. The van der Waals surface area contributed by atoms with Gasteiger partial charge in [-0.25, -0.2) is 0 Å². The Kier molecular flexibility index (Phi) is 4.83. The van der Waals surface area contributed by atoms with Crippen LogP contribution in [0.15, 0.2) is 34.9 Å². The molecular weight excluding hydrogens is 360 g/mol.